The fourth-order valence-corrected chi connectivity index (χ4v) is 2.80. The van der Waals surface area contributed by atoms with Crippen LogP contribution in [0.4, 0.5) is 26.1 Å². The predicted octanol–water partition coefficient (Wildman–Crippen LogP) is 4.78. The first-order chi connectivity index (χ1) is 13.4. The van der Waals surface area contributed by atoms with Crippen LogP contribution in [0, 0.1) is 25.5 Å². The van der Waals surface area contributed by atoms with Crippen LogP contribution < -0.4 is 10.2 Å². The first-order valence-electron chi connectivity index (χ1n) is 8.83. The third kappa shape index (κ3) is 4.31. The lowest BCUT2D eigenvalue weighted by Gasteiger charge is -2.22. The Morgan fingerprint density at radius 1 is 1.07 bits per heavy atom. The number of nitrogens with one attached hydrogen (secondary N) is 1. The number of carbonyl (C=O) groups is 1. The second-order valence-electron chi connectivity index (χ2n) is 6.36. The minimum absolute atomic E-state index is 0.0947. The Kier molecular flexibility index (Phi) is 5.63. The monoisotopic (exact) mass is 382 g/mol. The largest absolute Gasteiger partial charge is 0.318 e. The number of hydrogen-bond acceptors (Lipinski definition) is 4. The van der Waals surface area contributed by atoms with Crippen molar-refractivity contribution in [1.29, 1.82) is 0 Å². The van der Waals surface area contributed by atoms with E-state index in [1.165, 1.54) is 12.1 Å². The molecule has 7 heteroatoms. The smallest absolute Gasteiger partial charge is 0.274 e. The van der Waals surface area contributed by atoms with Crippen molar-refractivity contribution in [2.45, 2.75) is 20.8 Å². The molecule has 0 aliphatic carbocycles. The average Bonchev–Trinajstić information content (AvgIpc) is 2.64. The number of aryl methyl sites for hydroxylation is 2. The van der Waals surface area contributed by atoms with Crippen LogP contribution >= 0.6 is 0 Å². The lowest BCUT2D eigenvalue weighted by Crippen LogP contribution is -2.22. The zero-order valence-electron chi connectivity index (χ0n) is 15.8. The predicted molar refractivity (Wildman–Crippen MR) is 105 cm³/mol. The van der Waals surface area contributed by atoms with Crippen molar-refractivity contribution in [2.75, 3.05) is 16.8 Å². The molecule has 1 aromatic heterocycles. The molecule has 0 radical (unpaired) electrons. The molecule has 1 N–H and O–H groups in total. The van der Waals surface area contributed by atoms with Crippen molar-refractivity contribution in [3.63, 3.8) is 0 Å². The van der Waals surface area contributed by atoms with Crippen molar-refractivity contribution >= 4 is 23.2 Å². The van der Waals surface area contributed by atoms with E-state index >= 15 is 0 Å². The van der Waals surface area contributed by atoms with E-state index < -0.39 is 17.5 Å². The first-order valence-corrected chi connectivity index (χ1v) is 8.83. The summed E-state index contributed by atoms with van der Waals surface area (Å²) in [4.78, 5) is 23.3. The van der Waals surface area contributed by atoms with Crippen molar-refractivity contribution in [3.05, 3.63) is 77.1 Å². The SMILES string of the molecule is CCN(c1cccc(C)c1)c1nc(C)cc(C(=O)Nc2ccc(F)cc2F)n1. The lowest BCUT2D eigenvalue weighted by molar-refractivity contribution is 0.102. The fourth-order valence-electron chi connectivity index (χ4n) is 2.80. The molecule has 1 heterocycles. The molecule has 3 rings (SSSR count). The summed E-state index contributed by atoms with van der Waals surface area (Å²) >= 11 is 0. The Morgan fingerprint density at radius 3 is 2.54 bits per heavy atom. The summed E-state index contributed by atoms with van der Waals surface area (Å²) in [5.41, 5.74) is 2.57. The van der Waals surface area contributed by atoms with Crippen LogP contribution in [-0.2, 0) is 0 Å². The molecule has 0 unspecified atom stereocenters. The van der Waals surface area contributed by atoms with Crippen molar-refractivity contribution in [3.8, 4) is 0 Å². The Hall–Kier alpha value is -3.35. The standard InChI is InChI=1S/C21H20F2N4O/c1-4-27(16-7-5-6-13(2)10-16)21-24-14(3)11-19(26-21)20(28)25-18-9-8-15(22)12-17(18)23/h5-12H,4H2,1-3H3,(H,25,28). The molecular weight excluding hydrogens is 362 g/mol. The molecule has 2 aromatic carbocycles. The van der Waals surface area contributed by atoms with E-state index in [9.17, 15) is 13.6 Å². The Bertz CT molecular complexity index is 1020. The van der Waals surface area contributed by atoms with Gasteiger partial charge in [-0.25, -0.2) is 18.7 Å². The topological polar surface area (TPSA) is 58.1 Å². The van der Waals surface area contributed by atoms with Gasteiger partial charge in [0.25, 0.3) is 5.91 Å². The number of hydrogen-bond donors (Lipinski definition) is 1. The minimum Gasteiger partial charge on any atom is -0.318 e. The van der Waals surface area contributed by atoms with E-state index in [-0.39, 0.29) is 11.4 Å². The van der Waals surface area contributed by atoms with E-state index in [0.717, 1.165) is 17.3 Å². The van der Waals surface area contributed by atoms with Gasteiger partial charge in [0.2, 0.25) is 5.95 Å². The van der Waals surface area contributed by atoms with Gasteiger partial charge in [-0.3, -0.25) is 4.79 Å². The maximum absolute atomic E-state index is 13.8. The Morgan fingerprint density at radius 2 is 1.86 bits per heavy atom. The summed E-state index contributed by atoms with van der Waals surface area (Å²) in [6, 6.07) is 12.3. The Labute approximate surface area is 162 Å². The molecule has 28 heavy (non-hydrogen) atoms. The van der Waals surface area contributed by atoms with E-state index in [2.05, 4.69) is 15.3 Å². The van der Waals surface area contributed by atoms with Crippen LogP contribution in [0.1, 0.15) is 28.7 Å². The molecule has 0 aliphatic rings. The molecular formula is C21H20F2N4O. The van der Waals surface area contributed by atoms with Gasteiger partial charge in [-0.05, 0) is 56.7 Å². The molecule has 0 saturated heterocycles. The molecule has 0 saturated carbocycles. The van der Waals surface area contributed by atoms with Gasteiger partial charge >= 0.3 is 0 Å². The normalized spacial score (nSPS) is 10.6. The highest BCUT2D eigenvalue weighted by Gasteiger charge is 2.17. The highest BCUT2D eigenvalue weighted by atomic mass is 19.1. The second-order valence-corrected chi connectivity index (χ2v) is 6.36. The quantitative estimate of drug-likeness (QED) is 0.690. The molecule has 0 bridgehead atoms. The highest BCUT2D eigenvalue weighted by molar-refractivity contribution is 6.03. The third-order valence-electron chi connectivity index (χ3n) is 4.13. The summed E-state index contributed by atoms with van der Waals surface area (Å²) in [7, 11) is 0. The van der Waals surface area contributed by atoms with Gasteiger partial charge in [-0.15, -0.1) is 0 Å². The van der Waals surface area contributed by atoms with Crippen molar-refractivity contribution in [1.82, 2.24) is 9.97 Å². The number of anilines is 3. The zero-order valence-corrected chi connectivity index (χ0v) is 15.8. The van der Waals surface area contributed by atoms with E-state index in [0.29, 0.717) is 24.3 Å². The lowest BCUT2D eigenvalue weighted by atomic mass is 10.2. The number of halogens is 2. The van der Waals surface area contributed by atoms with Crippen molar-refractivity contribution < 1.29 is 13.6 Å². The van der Waals surface area contributed by atoms with Gasteiger partial charge in [-0.1, -0.05) is 12.1 Å². The zero-order chi connectivity index (χ0) is 20.3. The second kappa shape index (κ2) is 8.12. The molecule has 0 fully saturated rings. The van der Waals surface area contributed by atoms with Crippen LogP contribution in [0.15, 0.2) is 48.5 Å². The fraction of sp³-hybridized carbons (Fsp3) is 0.190. The van der Waals surface area contributed by atoms with E-state index in [1.54, 1.807) is 6.92 Å². The first kappa shape index (κ1) is 19.4. The van der Waals surface area contributed by atoms with E-state index in [1.807, 2.05) is 43.0 Å². The van der Waals surface area contributed by atoms with Crippen molar-refractivity contribution in [2.24, 2.45) is 0 Å². The average molecular weight is 382 g/mol. The molecule has 5 nitrogen and oxygen atoms in total. The highest BCUT2D eigenvalue weighted by Crippen LogP contribution is 2.24. The summed E-state index contributed by atoms with van der Waals surface area (Å²) in [5.74, 6) is -1.79. The van der Waals surface area contributed by atoms with Gasteiger partial charge in [0, 0.05) is 24.0 Å². The summed E-state index contributed by atoms with van der Waals surface area (Å²) in [6.07, 6.45) is 0. The summed E-state index contributed by atoms with van der Waals surface area (Å²) in [5, 5.41) is 2.42. The van der Waals surface area contributed by atoms with Gasteiger partial charge < -0.3 is 10.2 Å². The van der Waals surface area contributed by atoms with Crippen LogP contribution in [0.5, 0.6) is 0 Å². The molecule has 0 aliphatic heterocycles. The van der Waals surface area contributed by atoms with Crippen LogP contribution in [0.2, 0.25) is 0 Å². The van der Waals surface area contributed by atoms with Crippen LogP contribution in [-0.4, -0.2) is 22.4 Å². The van der Waals surface area contributed by atoms with Gasteiger partial charge in [0.15, 0.2) is 0 Å². The summed E-state index contributed by atoms with van der Waals surface area (Å²) in [6.45, 7) is 6.30. The molecule has 0 spiro atoms. The minimum atomic E-state index is -0.853. The van der Waals surface area contributed by atoms with Gasteiger partial charge in [-0.2, -0.15) is 0 Å². The number of amides is 1. The number of rotatable bonds is 5. The molecule has 1 amide bonds. The Balaban J connectivity index is 1.93. The van der Waals surface area contributed by atoms with Gasteiger partial charge in [0.05, 0.1) is 5.69 Å². The van der Waals surface area contributed by atoms with Gasteiger partial charge in [0.1, 0.15) is 17.3 Å². The van der Waals surface area contributed by atoms with E-state index in [4.69, 9.17) is 0 Å². The number of benzene rings is 2. The molecule has 144 valence electrons. The molecule has 0 atom stereocenters. The number of aromatic nitrogens is 2. The third-order valence-corrected chi connectivity index (χ3v) is 4.13. The van der Waals surface area contributed by atoms with Crippen LogP contribution in [0.3, 0.4) is 0 Å². The van der Waals surface area contributed by atoms with Crippen LogP contribution in [0.25, 0.3) is 0 Å². The number of carbonyl (C=O) groups excluding carboxylic acids is 1. The number of nitrogens with zero attached hydrogens (tertiary/aromatic N) is 3. The molecule has 3 aromatic rings. The summed E-state index contributed by atoms with van der Waals surface area (Å²) < 4.78 is 26.9. The maximum Gasteiger partial charge on any atom is 0.274 e. The maximum atomic E-state index is 13.8.